The molecular weight excluding hydrogens is 339 g/mol. The van der Waals surface area contributed by atoms with Crippen molar-refractivity contribution in [1.29, 1.82) is 0 Å². The summed E-state index contributed by atoms with van der Waals surface area (Å²) in [6.45, 7) is 0. The van der Waals surface area contributed by atoms with E-state index < -0.39 is 0 Å². The number of benzene rings is 2. The molecule has 0 amide bonds. The normalized spacial score (nSPS) is 10.6. The number of hydrogen-bond donors (Lipinski definition) is 0. The highest BCUT2D eigenvalue weighted by Gasteiger charge is 2.02. The molecule has 13 heavy (non-hydrogen) atoms. The van der Waals surface area contributed by atoms with Crippen LogP contribution >= 0.6 is 38.5 Å². The number of fused-ring (bicyclic) bond motifs is 1. The van der Waals surface area contributed by atoms with E-state index >= 15 is 0 Å². The van der Waals surface area contributed by atoms with Gasteiger partial charge in [-0.2, -0.15) is 0 Å². The van der Waals surface area contributed by atoms with Crippen molar-refractivity contribution in [3.05, 3.63) is 46.4 Å². The molecule has 0 atom stereocenters. The lowest BCUT2D eigenvalue weighted by molar-refractivity contribution is 1.45. The van der Waals surface area contributed by atoms with Crippen molar-refractivity contribution in [2.75, 3.05) is 0 Å². The predicted octanol–water partition coefficient (Wildman–Crippen LogP) is 4.54. The first kappa shape index (κ1) is 9.46. The van der Waals surface area contributed by atoms with Crippen LogP contribution in [-0.2, 0) is 4.43 Å². The van der Waals surface area contributed by atoms with Crippen molar-refractivity contribution in [1.82, 2.24) is 0 Å². The summed E-state index contributed by atoms with van der Waals surface area (Å²) in [4.78, 5) is 0. The van der Waals surface area contributed by atoms with E-state index in [1.54, 1.807) is 0 Å². The molecule has 0 radical (unpaired) electrons. The second-order valence-corrected chi connectivity index (χ2v) is 4.45. The molecule has 0 N–H and O–H groups in total. The molecule has 0 saturated carbocycles. The van der Waals surface area contributed by atoms with Crippen LogP contribution in [0.25, 0.3) is 10.8 Å². The molecule has 0 nitrogen and oxygen atoms in total. The van der Waals surface area contributed by atoms with Gasteiger partial charge in [0.15, 0.2) is 0 Å². The molecule has 66 valence electrons. The molecule has 0 fully saturated rings. The minimum absolute atomic E-state index is 1.04. The van der Waals surface area contributed by atoms with Crippen LogP contribution < -0.4 is 0 Å². The van der Waals surface area contributed by atoms with E-state index in [1.165, 1.54) is 20.8 Å². The van der Waals surface area contributed by atoms with Gasteiger partial charge in [-0.3, -0.25) is 0 Å². The molecule has 0 aliphatic carbocycles. The molecule has 0 aliphatic heterocycles. The molecule has 0 aliphatic rings. The molecule has 0 unspecified atom stereocenters. The Morgan fingerprint density at radius 1 is 1.08 bits per heavy atom. The van der Waals surface area contributed by atoms with Gasteiger partial charge in [0.05, 0.1) is 0 Å². The Hall–Kier alpha value is -0.0900. The molecule has 2 aromatic rings. The molecule has 0 spiro atoms. The average molecular weight is 347 g/mol. The summed E-state index contributed by atoms with van der Waals surface area (Å²) in [6, 6.07) is 12.8. The topological polar surface area (TPSA) is 0 Å². The summed E-state index contributed by atoms with van der Waals surface area (Å²) in [5.41, 5.74) is 1.36. The first-order valence-electron chi connectivity index (χ1n) is 4.05. The van der Waals surface area contributed by atoms with E-state index in [0.29, 0.717) is 0 Å². The van der Waals surface area contributed by atoms with Crippen LogP contribution in [0.15, 0.2) is 40.9 Å². The zero-order valence-electron chi connectivity index (χ0n) is 6.93. The second-order valence-electron chi connectivity index (χ2n) is 2.89. The van der Waals surface area contributed by atoms with E-state index in [4.69, 9.17) is 0 Å². The highest BCUT2D eigenvalue weighted by atomic mass is 127. The Morgan fingerprint density at radius 3 is 2.62 bits per heavy atom. The van der Waals surface area contributed by atoms with Gasteiger partial charge in [0.1, 0.15) is 0 Å². The summed E-state index contributed by atoms with van der Waals surface area (Å²) >= 11 is 6.02. The monoisotopic (exact) mass is 346 g/mol. The van der Waals surface area contributed by atoms with Crippen molar-refractivity contribution in [2.24, 2.45) is 0 Å². The Kier molecular flexibility index (Phi) is 2.89. The summed E-state index contributed by atoms with van der Waals surface area (Å²) in [5.74, 6) is 0. The highest BCUT2D eigenvalue weighted by Crippen LogP contribution is 2.28. The van der Waals surface area contributed by atoms with Gasteiger partial charge >= 0.3 is 0 Å². The van der Waals surface area contributed by atoms with Gasteiger partial charge in [-0.25, -0.2) is 0 Å². The maximum absolute atomic E-state index is 3.64. The first-order valence-corrected chi connectivity index (χ1v) is 6.37. The molecule has 0 heterocycles. The summed E-state index contributed by atoms with van der Waals surface area (Å²) < 4.78 is 2.28. The van der Waals surface area contributed by atoms with Crippen molar-refractivity contribution < 1.29 is 0 Å². The zero-order chi connectivity index (χ0) is 9.26. The highest BCUT2D eigenvalue weighted by molar-refractivity contribution is 14.1. The molecule has 2 rings (SSSR count). The smallest absolute Gasteiger partial charge is 0.0293 e. The van der Waals surface area contributed by atoms with E-state index in [1.807, 2.05) is 0 Å². The summed E-state index contributed by atoms with van der Waals surface area (Å²) in [5, 5.41) is 2.60. The van der Waals surface area contributed by atoms with Crippen molar-refractivity contribution in [3.8, 4) is 0 Å². The van der Waals surface area contributed by atoms with Crippen LogP contribution in [0.2, 0.25) is 0 Å². The standard InChI is InChI=1S/C11H8BrI/c12-11-9(7-13)6-5-8-3-1-2-4-10(8)11/h1-6H,7H2. The van der Waals surface area contributed by atoms with E-state index in [0.717, 1.165) is 4.43 Å². The summed E-state index contributed by atoms with van der Waals surface area (Å²) in [6.07, 6.45) is 0. The number of hydrogen-bond acceptors (Lipinski definition) is 0. The van der Waals surface area contributed by atoms with Crippen LogP contribution in [0, 0.1) is 0 Å². The maximum atomic E-state index is 3.64. The molecule has 2 heteroatoms. The molecule has 2 aromatic carbocycles. The Bertz CT molecular complexity index is 437. The van der Waals surface area contributed by atoms with Crippen molar-refractivity contribution in [2.45, 2.75) is 4.43 Å². The minimum atomic E-state index is 1.04. The molecular formula is C11H8BrI. The van der Waals surface area contributed by atoms with Gasteiger partial charge < -0.3 is 0 Å². The van der Waals surface area contributed by atoms with Gasteiger partial charge in [-0.1, -0.05) is 59.0 Å². The summed E-state index contributed by atoms with van der Waals surface area (Å²) in [7, 11) is 0. The third kappa shape index (κ3) is 1.74. The van der Waals surface area contributed by atoms with E-state index in [9.17, 15) is 0 Å². The van der Waals surface area contributed by atoms with Gasteiger partial charge in [0.25, 0.3) is 0 Å². The van der Waals surface area contributed by atoms with Crippen LogP contribution in [0.1, 0.15) is 5.56 Å². The van der Waals surface area contributed by atoms with Crippen LogP contribution in [-0.4, -0.2) is 0 Å². The third-order valence-electron chi connectivity index (χ3n) is 2.09. The average Bonchev–Trinajstić information content (AvgIpc) is 2.19. The lowest BCUT2D eigenvalue weighted by Gasteiger charge is -2.04. The number of halogens is 2. The number of rotatable bonds is 1. The first-order chi connectivity index (χ1) is 6.33. The Labute approximate surface area is 99.6 Å². The number of alkyl halides is 1. The SMILES string of the molecule is Brc1c(CI)ccc2ccccc12. The minimum Gasteiger partial charge on any atom is -0.0811 e. The zero-order valence-corrected chi connectivity index (χ0v) is 10.7. The van der Waals surface area contributed by atoms with Crippen molar-refractivity contribution >= 4 is 49.3 Å². The fourth-order valence-corrected chi connectivity index (χ4v) is 3.18. The van der Waals surface area contributed by atoms with Crippen LogP contribution in [0.3, 0.4) is 0 Å². The predicted molar refractivity (Wildman–Crippen MR) is 69.4 cm³/mol. The van der Waals surface area contributed by atoms with E-state index in [-0.39, 0.29) is 0 Å². The van der Waals surface area contributed by atoms with Crippen LogP contribution in [0.5, 0.6) is 0 Å². The van der Waals surface area contributed by atoms with Gasteiger partial charge in [0.2, 0.25) is 0 Å². The quantitative estimate of drug-likeness (QED) is 0.525. The molecule has 0 saturated heterocycles. The third-order valence-corrected chi connectivity index (χ3v) is 3.85. The second kappa shape index (κ2) is 3.96. The van der Waals surface area contributed by atoms with Gasteiger partial charge in [-0.15, -0.1) is 0 Å². The Morgan fingerprint density at radius 2 is 1.85 bits per heavy atom. The Balaban J connectivity index is 2.79. The van der Waals surface area contributed by atoms with Gasteiger partial charge in [0, 0.05) is 8.90 Å². The van der Waals surface area contributed by atoms with Crippen LogP contribution in [0.4, 0.5) is 0 Å². The largest absolute Gasteiger partial charge is 0.0811 e. The molecule has 0 bridgehead atoms. The van der Waals surface area contributed by atoms with Gasteiger partial charge in [-0.05, 0) is 32.3 Å². The fourth-order valence-electron chi connectivity index (χ4n) is 1.38. The fraction of sp³-hybridized carbons (Fsp3) is 0.0909. The van der Waals surface area contributed by atoms with Crippen molar-refractivity contribution in [3.63, 3.8) is 0 Å². The molecule has 0 aromatic heterocycles. The lowest BCUT2D eigenvalue weighted by Crippen LogP contribution is -1.81. The lowest BCUT2D eigenvalue weighted by atomic mass is 10.1. The van der Waals surface area contributed by atoms with E-state index in [2.05, 4.69) is 74.9 Å². The maximum Gasteiger partial charge on any atom is 0.0293 e.